The third-order valence-corrected chi connectivity index (χ3v) is 4.81. The van der Waals surface area contributed by atoms with Crippen LogP contribution in [0.15, 0.2) is 6.20 Å². The van der Waals surface area contributed by atoms with Crippen molar-refractivity contribution in [3.63, 3.8) is 0 Å². The summed E-state index contributed by atoms with van der Waals surface area (Å²) >= 11 is 0. The van der Waals surface area contributed by atoms with Crippen molar-refractivity contribution in [3.8, 4) is 0 Å². The number of aromatic nitrogens is 3. The molecule has 3 fully saturated rings. The molecular formula is C14H20N4O. The third-order valence-electron chi connectivity index (χ3n) is 4.81. The molecule has 3 aliphatic rings. The van der Waals surface area contributed by atoms with Gasteiger partial charge in [-0.2, -0.15) is 0 Å². The number of amides is 1. The topological polar surface area (TPSA) is 51.0 Å². The van der Waals surface area contributed by atoms with Crippen LogP contribution in [-0.4, -0.2) is 38.9 Å². The van der Waals surface area contributed by atoms with Crippen LogP contribution in [0, 0.1) is 11.3 Å². The predicted molar refractivity (Wildman–Crippen MR) is 69.6 cm³/mol. The number of likely N-dealkylation sites (tertiary alicyclic amines) is 1. The Morgan fingerprint density at radius 3 is 2.95 bits per heavy atom. The second-order valence-corrected chi connectivity index (χ2v) is 6.60. The highest BCUT2D eigenvalue weighted by Gasteiger charge is 2.46. The molecule has 5 heteroatoms. The van der Waals surface area contributed by atoms with Crippen molar-refractivity contribution in [1.29, 1.82) is 0 Å². The Labute approximate surface area is 113 Å². The summed E-state index contributed by atoms with van der Waals surface area (Å²) in [5.41, 5.74) is 0.996. The fourth-order valence-corrected chi connectivity index (χ4v) is 3.18. The van der Waals surface area contributed by atoms with E-state index in [1.54, 1.807) is 0 Å². The number of carbonyl (C=O) groups is 1. The van der Waals surface area contributed by atoms with Gasteiger partial charge >= 0.3 is 0 Å². The summed E-state index contributed by atoms with van der Waals surface area (Å²) in [6.45, 7) is 2.74. The lowest BCUT2D eigenvalue weighted by Gasteiger charge is -2.32. The van der Waals surface area contributed by atoms with Gasteiger partial charge in [0.15, 0.2) is 5.69 Å². The minimum atomic E-state index is 0.0769. The van der Waals surface area contributed by atoms with E-state index in [1.165, 1.54) is 32.1 Å². The van der Waals surface area contributed by atoms with Crippen molar-refractivity contribution < 1.29 is 4.79 Å². The fourth-order valence-electron chi connectivity index (χ4n) is 3.18. The van der Waals surface area contributed by atoms with Gasteiger partial charge in [0.2, 0.25) is 0 Å². The molecule has 0 aromatic carbocycles. The van der Waals surface area contributed by atoms with Crippen LogP contribution in [0.25, 0.3) is 0 Å². The molecule has 5 nitrogen and oxygen atoms in total. The van der Waals surface area contributed by atoms with Gasteiger partial charge in [-0.1, -0.05) is 5.21 Å². The number of nitrogens with zero attached hydrogens (tertiary/aromatic N) is 4. The van der Waals surface area contributed by atoms with Crippen LogP contribution in [0.4, 0.5) is 0 Å². The molecule has 0 atom stereocenters. The van der Waals surface area contributed by atoms with E-state index in [2.05, 4.69) is 10.3 Å². The van der Waals surface area contributed by atoms with Crippen LogP contribution in [0.1, 0.15) is 49.0 Å². The highest BCUT2D eigenvalue weighted by molar-refractivity contribution is 5.92. The first kappa shape index (κ1) is 11.4. The van der Waals surface area contributed by atoms with Gasteiger partial charge in [-0.15, -0.1) is 5.10 Å². The van der Waals surface area contributed by atoms with Gasteiger partial charge in [0, 0.05) is 19.6 Å². The van der Waals surface area contributed by atoms with E-state index in [4.69, 9.17) is 0 Å². The molecule has 0 N–H and O–H groups in total. The van der Waals surface area contributed by atoms with E-state index in [-0.39, 0.29) is 5.91 Å². The smallest absolute Gasteiger partial charge is 0.276 e. The quantitative estimate of drug-likeness (QED) is 0.831. The zero-order valence-electron chi connectivity index (χ0n) is 11.2. The summed E-state index contributed by atoms with van der Waals surface area (Å²) in [7, 11) is 0. The van der Waals surface area contributed by atoms with Crippen LogP contribution in [0.3, 0.4) is 0 Å². The number of hydrogen-bond acceptors (Lipinski definition) is 3. The highest BCUT2D eigenvalue weighted by Crippen LogP contribution is 2.52. The molecule has 102 valence electrons. The van der Waals surface area contributed by atoms with Crippen molar-refractivity contribution in [2.75, 3.05) is 13.1 Å². The third kappa shape index (κ3) is 2.26. The monoisotopic (exact) mass is 260 g/mol. The van der Waals surface area contributed by atoms with E-state index in [1.807, 2.05) is 15.8 Å². The zero-order valence-corrected chi connectivity index (χ0v) is 11.2. The molecule has 1 aromatic rings. The summed E-state index contributed by atoms with van der Waals surface area (Å²) in [5.74, 6) is 0.836. The van der Waals surface area contributed by atoms with Crippen LogP contribution < -0.4 is 0 Å². The molecule has 0 radical (unpaired) electrons. The maximum Gasteiger partial charge on any atom is 0.276 e. The van der Waals surface area contributed by atoms with Gasteiger partial charge in [-0.3, -0.25) is 9.48 Å². The van der Waals surface area contributed by atoms with Gasteiger partial charge < -0.3 is 4.90 Å². The maximum absolute atomic E-state index is 12.4. The first-order valence-electron chi connectivity index (χ1n) is 7.44. The van der Waals surface area contributed by atoms with Crippen LogP contribution in [0.2, 0.25) is 0 Å². The Hall–Kier alpha value is -1.39. The molecule has 1 saturated heterocycles. The van der Waals surface area contributed by atoms with E-state index in [0.717, 1.165) is 32.0 Å². The molecule has 0 bridgehead atoms. The van der Waals surface area contributed by atoms with Crippen LogP contribution in [0.5, 0.6) is 0 Å². The van der Waals surface area contributed by atoms with Gasteiger partial charge in [0.25, 0.3) is 5.91 Å². The Balaban J connectivity index is 1.45. The van der Waals surface area contributed by atoms with Crippen molar-refractivity contribution in [3.05, 3.63) is 11.9 Å². The molecule has 1 aromatic heterocycles. The number of hydrogen-bond donors (Lipinski definition) is 0. The summed E-state index contributed by atoms with van der Waals surface area (Å²) in [5, 5.41) is 8.15. The second-order valence-electron chi connectivity index (χ2n) is 6.60. The van der Waals surface area contributed by atoms with Crippen molar-refractivity contribution in [1.82, 2.24) is 19.9 Å². The first-order valence-corrected chi connectivity index (χ1v) is 7.44. The molecule has 1 aliphatic heterocycles. The van der Waals surface area contributed by atoms with Crippen molar-refractivity contribution >= 4 is 5.91 Å². The summed E-state index contributed by atoms with van der Waals surface area (Å²) in [6.07, 6.45) is 9.44. The summed E-state index contributed by atoms with van der Waals surface area (Å²) in [4.78, 5) is 14.4. The Morgan fingerprint density at radius 2 is 2.21 bits per heavy atom. The number of piperidine rings is 1. The number of carbonyl (C=O) groups excluding carboxylic acids is 1. The highest BCUT2D eigenvalue weighted by atomic mass is 16.2. The van der Waals surface area contributed by atoms with Crippen LogP contribution in [-0.2, 0) is 6.54 Å². The van der Waals surface area contributed by atoms with Crippen molar-refractivity contribution in [2.24, 2.45) is 11.3 Å². The van der Waals surface area contributed by atoms with Gasteiger partial charge in [0.1, 0.15) is 0 Å². The molecule has 2 aliphatic carbocycles. The van der Waals surface area contributed by atoms with Gasteiger partial charge in [-0.25, -0.2) is 0 Å². The van der Waals surface area contributed by atoms with Gasteiger partial charge in [0.05, 0.1) is 6.20 Å². The van der Waals surface area contributed by atoms with E-state index < -0.39 is 0 Å². The first-order chi connectivity index (χ1) is 9.24. The number of rotatable bonds is 3. The standard InChI is InChI=1S/C14H20N4O/c19-13(17-7-1-4-14(10-17)5-6-14)12-9-18(16-15-12)8-11-2-3-11/h9,11H,1-8,10H2. The molecule has 4 rings (SSSR count). The summed E-state index contributed by atoms with van der Waals surface area (Å²) in [6, 6.07) is 0. The Morgan fingerprint density at radius 1 is 1.37 bits per heavy atom. The minimum absolute atomic E-state index is 0.0769. The average Bonchev–Trinajstić information content (AvgIpc) is 3.32. The van der Waals surface area contributed by atoms with Gasteiger partial charge in [-0.05, 0) is 49.9 Å². The lowest BCUT2D eigenvalue weighted by Crippen LogP contribution is -2.40. The van der Waals surface area contributed by atoms with E-state index >= 15 is 0 Å². The second kappa shape index (κ2) is 4.05. The Kier molecular flexibility index (Phi) is 2.44. The molecule has 19 heavy (non-hydrogen) atoms. The molecule has 2 heterocycles. The average molecular weight is 260 g/mol. The van der Waals surface area contributed by atoms with E-state index in [9.17, 15) is 4.79 Å². The minimum Gasteiger partial charge on any atom is -0.337 e. The van der Waals surface area contributed by atoms with Crippen molar-refractivity contribution in [2.45, 2.75) is 45.1 Å². The molecule has 2 saturated carbocycles. The SMILES string of the molecule is O=C(c1cn(CC2CC2)nn1)N1CCCC2(CC2)C1. The normalized spacial score (nSPS) is 24.7. The molecule has 1 spiro atoms. The lowest BCUT2D eigenvalue weighted by molar-refractivity contribution is 0.0648. The predicted octanol–water partition coefficient (Wildman–Crippen LogP) is 1.70. The van der Waals surface area contributed by atoms with E-state index in [0.29, 0.717) is 11.1 Å². The molecule has 0 unspecified atom stereocenters. The maximum atomic E-state index is 12.4. The largest absolute Gasteiger partial charge is 0.337 e. The molecule has 1 amide bonds. The Bertz CT molecular complexity index is 501. The molecular weight excluding hydrogens is 240 g/mol. The summed E-state index contributed by atoms with van der Waals surface area (Å²) < 4.78 is 1.84. The fraction of sp³-hybridized carbons (Fsp3) is 0.786. The van der Waals surface area contributed by atoms with Crippen LogP contribution >= 0.6 is 0 Å². The zero-order chi connectivity index (χ0) is 12.9. The lowest BCUT2D eigenvalue weighted by atomic mass is 9.95.